The van der Waals surface area contributed by atoms with Gasteiger partial charge < -0.3 is 19.5 Å². The molecule has 150 valence electrons. The van der Waals surface area contributed by atoms with E-state index in [1.54, 1.807) is 12.1 Å². The lowest BCUT2D eigenvalue weighted by Gasteiger charge is -2.21. The summed E-state index contributed by atoms with van der Waals surface area (Å²) >= 11 is 0. The fourth-order valence-corrected chi connectivity index (χ4v) is 4.00. The van der Waals surface area contributed by atoms with Gasteiger partial charge in [0.2, 0.25) is 5.91 Å². The first-order chi connectivity index (χ1) is 14.0. The minimum atomic E-state index is -0.162. The number of rotatable bonds is 5. The summed E-state index contributed by atoms with van der Waals surface area (Å²) in [6.07, 6.45) is 5.84. The topological polar surface area (TPSA) is 76.1 Å². The average molecular weight is 393 g/mol. The number of carbonyl (C=O) groups is 2. The van der Waals surface area contributed by atoms with Gasteiger partial charge in [0.05, 0.1) is 19.3 Å². The zero-order chi connectivity index (χ0) is 20.4. The lowest BCUT2D eigenvalue weighted by molar-refractivity contribution is -0.117. The second-order valence-electron chi connectivity index (χ2n) is 7.66. The van der Waals surface area contributed by atoms with E-state index in [2.05, 4.69) is 0 Å². The van der Waals surface area contributed by atoms with E-state index in [1.807, 2.05) is 41.3 Å². The third kappa shape index (κ3) is 3.76. The number of aldehydes is 1. The molecule has 6 nitrogen and oxygen atoms in total. The normalized spacial score (nSPS) is 21.4. The average Bonchev–Trinajstić information content (AvgIpc) is 3.33. The molecule has 2 saturated heterocycles. The van der Waals surface area contributed by atoms with Crippen molar-refractivity contribution in [2.75, 3.05) is 31.8 Å². The maximum absolute atomic E-state index is 12.5. The summed E-state index contributed by atoms with van der Waals surface area (Å²) in [6.45, 7) is 2.11. The highest BCUT2D eigenvalue weighted by Gasteiger charge is 2.46. The van der Waals surface area contributed by atoms with Crippen molar-refractivity contribution >= 4 is 30.0 Å². The Balaban J connectivity index is 1.50. The first-order valence-corrected chi connectivity index (χ1v) is 9.56. The second kappa shape index (κ2) is 7.72. The quantitative estimate of drug-likeness (QED) is 0.621. The van der Waals surface area contributed by atoms with E-state index < -0.39 is 0 Å². The molecule has 0 saturated carbocycles. The van der Waals surface area contributed by atoms with Crippen molar-refractivity contribution in [3.63, 3.8) is 0 Å². The molecule has 2 aliphatic rings. The maximum Gasteiger partial charge on any atom is 0.227 e. The lowest BCUT2D eigenvalue weighted by atomic mass is 9.86. The molecule has 29 heavy (non-hydrogen) atoms. The maximum atomic E-state index is 12.5. The molecule has 1 spiro atoms. The summed E-state index contributed by atoms with van der Waals surface area (Å²) in [5.41, 5.74) is 2.74. The van der Waals surface area contributed by atoms with Gasteiger partial charge in [0.1, 0.15) is 0 Å². The van der Waals surface area contributed by atoms with E-state index in [0.29, 0.717) is 25.9 Å². The Morgan fingerprint density at radius 2 is 1.93 bits per heavy atom. The molecule has 1 N–H and O–H groups in total. The summed E-state index contributed by atoms with van der Waals surface area (Å²) in [5.74, 6) is 0.239. The third-order valence-electron chi connectivity index (χ3n) is 5.65. The molecule has 0 radical (unpaired) electrons. The molecule has 2 aromatic carbocycles. The Bertz CT molecular complexity index is 958. The minimum absolute atomic E-state index is 0.0239. The van der Waals surface area contributed by atoms with Crippen LogP contribution in [0.5, 0.6) is 11.5 Å². The zero-order valence-electron chi connectivity index (χ0n) is 16.3. The Hall–Kier alpha value is -3.12. The van der Waals surface area contributed by atoms with E-state index in [9.17, 15) is 14.7 Å². The summed E-state index contributed by atoms with van der Waals surface area (Å²) in [7, 11) is 1.44. The number of hydrogen-bond acceptors (Lipinski definition) is 5. The first-order valence-electron chi connectivity index (χ1n) is 9.56. The van der Waals surface area contributed by atoms with Crippen molar-refractivity contribution in [2.24, 2.45) is 5.41 Å². The van der Waals surface area contributed by atoms with Crippen LogP contribution in [0, 0.1) is 5.41 Å². The third-order valence-corrected chi connectivity index (χ3v) is 5.65. The van der Waals surface area contributed by atoms with Crippen molar-refractivity contribution in [1.82, 2.24) is 0 Å². The van der Waals surface area contributed by atoms with Gasteiger partial charge in [0.15, 0.2) is 17.8 Å². The van der Waals surface area contributed by atoms with E-state index in [1.165, 1.54) is 7.11 Å². The monoisotopic (exact) mass is 393 g/mol. The molecule has 4 rings (SSSR count). The molecule has 0 aromatic heterocycles. The summed E-state index contributed by atoms with van der Waals surface area (Å²) < 4.78 is 10.6. The number of aromatic hydroxyl groups is 1. The van der Waals surface area contributed by atoms with Gasteiger partial charge in [-0.1, -0.05) is 24.3 Å². The number of ether oxygens (including phenoxy) is 2. The molecule has 1 atom stereocenters. The number of amides is 1. The number of methoxy groups -OCH3 is 1. The molecule has 1 amide bonds. The van der Waals surface area contributed by atoms with Crippen LogP contribution in [-0.4, -0.2) is 44.2 Å². The number of anilines is 1. The van der Waals surface area contributed by atoms with Crippen molar-refractivity contribution in [2.45, 2.75) is 12.8 Å². The van der Waals surface area contributed by atoms with Crippen molar-refractivity contribution in [3.8, 4) is 11.5 Å². The zero-order valence-corrected chi connectivity index (χ0v) is 16.3. The highest BCUT2D eigenvalue weighted by atomic mass is 16.5. The summed E-state index contributed by atoms with van der Waals surface area (Å²) in [5, 5.41) is 9.91. The fraction of sp³-hybridized carbons (Fsp3) is 0.304. The summed E-state index contributed by atoms with van der Waals surface area (Å²) in [4.78, 5) is 25.5. The highest BCUT2D eigenvalue weighted by molar-refractivity contribution is 5.96. The number of phenolic OH excluding ortho intramolecular Hbond substituents is 1. The van der Waals surface area contributed by atoms with Crippen LogP contribution >= 0.6 is 0 Å². The smallest absolute Gasteiger partial charge is 0.227 e. The van der Waals surface area contributed by atoms with Crippen LogP contribution in [0.25, 0.3) is 12.2 Å². The van der Waals surface area contributed by atoms with Gasteiger partial charge in [0, 0.05) is 30.7 Å². The Morgan fingerprint density at radius 1 is 1.17 bits per heavy atom. The Morgan fingerprint density at radius 3 is 2.59 bits per heavy atom. The molecular formula is C23H23NO5. The van der Waals surface area contributed by atoms with Crippen molar-refractivity contribution < 1.29 is 24.2 Å². The van der Waals surface area contributed by atoms with Crippen LogP contribution in [0.1, 0.15) is 34.3 Å². The number of nitrogens with zero attached hydrogens (tertiary/aromatic N) is 1. The number of hydrogen-bond donors (Lipinski definition) is 1. The SMILES string of the molecule is COc1cc(/C=C/c2ccc(N3CC4(CCOC4)CC3=O)cc2)cc(C=O)c1O. The van der Waals surface area contributed by atoms with Gasteiger partial charge in [-0.2, -0.15) is 0 Å². The van der Waals surface area contributed by atoms with Gasteiger partial charge in [-0.15, -0.1) is 0 Å². The van der Waals surface area contributed by atoms with Gasteiger partial charge in [0.25, 0.3) is 0 Å². The largest absolute Gasteiger partial charge is 0.504 e. The molecule has 6 heteroatoms. The van der Waals surface area contributed by atoms with E-state index in [4.69, 9.17) is 9.47 Å². The highest BCUT2D eigenvalue weighted by Crippen LogP contribution is 2.40. The Kier molecular flexibility index (Phi) is 5.11. The number of benzene rings is 2. The molecule has 2 fully saturated rings. The lowest BCUT2D eigenvalue weighted by Crippen LogP contribution is -2.28. The van der Waals surface area contributed by atoms with Crippen LogP contribution in [0.4, 0.5) is 5.69 Å². The van der Waals surface area contributed by atoms with Crippen LogP contribution in [0.15, 0.2) is 36.4 Å². The predicted molar refractivity (Wildman–Crippen MR) is 110 cm³/mol. The number of phenols is 1. The van der Waals surface area contributed by atoms with Crippen LogP contribution in [0.2, 0.25) is 0 Å². The molecule has 1 unspecified atom stereocenters. The van der Waals surface area contributed by atoms with Gasteiger partial charge in [-0.05, 0) is 41.8 Å². The predicted octanol–water partition coefficient (Wildman–Crippen LogP) is 3.53. The first kappa shape index (κ1) is 19.2. The molecule has 2 aliphatic heterocycles. The molecule has 0 bridgehead atoms. The molecule has 0 aliphatic carbocycles. The van der Waals surface area contributed by atoms with Crippen molar-refractivity contribution in [1.29, 1.82) is 0 Å². The van der Waals surface area contributed by atoms with Crippen LogP contribution in [0.3, 0.4) is 0 Å². The Labute approximate surface area is 169 Å². The summed E-state index contributed by atoms with van der Waals surface area (Å²) in [6, 6.07) is 11.1. The van der Waals surface area contributed by atoms with E-state index in [0.717, 1.165) is 29.8 Å². The standard InChI is InChI=1S/C23H23NO5/c1-28-20-11-17(10-18(13-25)22(20)27)3-2-16-4-6-19(7-5-16)24-14-23(12-21(24)26)8-9-29-15-23/h2-7,10-11,13,27H,8-9,12,14-15H2,1H3/b3-2+. The van der Waals surface area contributed by atoms with Gasteiger partial charge in [-0.25, -0.2) is 0 Å². The van der Waals surface area contributed by atoms with Crippen LogP contribution in [-0.2, 0) is 9.53 Å². The number of carbonyl (C=O) groups excluding carboxylic acids is 2. The molecule has 2 heterocycles. The minimum Gasteiger partial charge on any atom is -0.504 e. The van der Waals surface area contributed by atoms with Gasteiger partial charge >= 0.3 is 0 Å². The second-order valence-corrected chi connectivity index (χ2v) is 7.66. The van der Waals surface area contributed by atoms with Gasteiger partial charge in [-0.3, -0.25) is 9.59 Å². The molecular weight excluding hydrogens is 370 g/mol. The van der Waals surface area contributed by atoms with Crippen LogP contribution < -0.4 is 9.64 Å². The fourth-order valence-electron chi connectivity index (χ4n) is 4.00. The molecule has 2 aromatic rings. The van der Waals surface area contributed by atoms with E-state index in [-0.39, 0.29) is 28.4 Å². The van der Waals surface area contributed by atoms with Crippen molar-refractivity contribution in [3.05, 3.63) is 53.1 Å². The van der Waals surface area contributed by atoms with E-state index >= 15 is 0 Å².